The van der Waals surface area contributed by atoms with Crippen LogP contribution in [-0.2, 0) is 10.9 Å². The van der Waals surface area contributed by atoms with Gasteiger partial charge in [-0.25, -0.2) is 4.39 Å². The number of aromatic nitrogens is 6. The lowest BCUT2D eigenvalue weighted by molar-refractivity contribution is -0.137. The maximum atomic E-state index is 14.7. The summed E-state index contributed by atoms with van der Waals surface area (Å²) in [6.45, 7) is 5.46. The van der Waals surface area contributed by atoms with Gasteiger partial charge in [-0.1, -0.05) is 0 Å². The fraction of sp³-hybridized carbons (Fsp3) is 0.516. The van der Waals surface area contributed by atoms with Crippen LogP contribution in [0.4, 0.5) is 23.4 Å². The molecule has 4 aromatic heterocycles. The van der Waals surface area contributed by atoms with Crippen LogP contribution in [-0.4, -0.2) is 104 Å². The monoisotopic (exact) mass is 672 g/mol. The predicted octanol–water partition coefficient (Wildman–Crippen LogP) is 5.05. The maximum Gasteiger partial charge on any atom is 0.417 e. The van der Waals surface area contributed by atoms with Crippen LogP contribution in [0.5, 0.6) is 6.01 Å². The summed E-state index contributed by atoms with van der Waals surface area (Å²) in [5.74, 6) is 0.435. The molecule has 3 saturated heterocycles. The molecule has 11 nitrogen and oxygen atoms in total. The largest absolute Gasteiger partial charge is 0.461 e. The molecule has 0 bridgehead atoms. The number of hydrogen-bond acceptors (Lipinski definition) is 11. The van der Waals surface area contributed by atoms with Gasteiger partial charge in [0.2, 0.25) is 0 Å². The molecule has 0 saturated carbocycles. The van der Waals surface area contributed by atoms with E-state index in [4.69, 9.17) is 19.4 Å². The van der Waals surface area contributed by atoms with Crippen molar-refractivity contribution in [3.05, 3.63) is 29.6 Å². The Hall–Kier alpha value is -3.73. The third-order valence-electron chi connectivity index (χ3n) is 9.55. The maximum absolute atomic E-state index is 14.7. The minimum Gasteiger partial charge on any atom is -0.461 e. The van der Waals surface area contributed by atoms with E-state index in [1.807, 2.05) is 4.90 Å². The quantitative estimate of drug-likeness (QED) is 0.245. The van der Waals surface area contributed by atoms with Gasteiger partial charge in [-0.05, 0) is 44.9 Å². The van der Waals surface area contributed by atoms with Crippen LogP contribution in [0.3, 0.4) is 0 Å². The number of H-pyrrole nitrogens is 1. The van der Waals surface area contributed by atoms with Gasteiger partial charge in [0.15, 0.2) is 0 Å². The molecule has 0 unspecified atom stereocenters. The van der Waals surface area contributed by atoms with E-state index in [-0.39, 0.29) is 48.0 Å². The van der Waals surface area contributed by atoms with Gasteiger partial charge < -0.3 is 19.5 Å². The first-order chi connectivity index (χ1) is 22.4. The average molecular weight is 673 g/mol. The van der Waals surface area contributed by atoms with Gasteiger partial charge in [-0.2, -0.15) is 33.3 Å². The third-order valence-corrected chi connectivity index (χ3v) is 10.7. The van der Waals surface area contributed by atoms with E-state index in [0.29, 0.717) is 57.8 Å². The van der Waals surface area contributed by atoms with Gasteiger partial charge in [0.1, 0.15) is 34.7 Å². The molecule has 16 heteroatoms. The zero-order valence-corrected chi connectivity index (χ0v) is 26.5. The molecule has 248 valence electrons. The number of aromatic amines is 1. The number of anilines is 1. The van der Waals surface area contributed by atoms with E-state index in [1.165, 1.54) is 36.7 Å². The second-order valence-electron chi connectivity index (χ2n) is 13.2. The van der Waals surface area contributed by atoms with Gasteiger partial charge in [0.05, 0.1) is 58.9 Å². The molecule has 47 heavy (non-hydrogen) atoms. The van der Waals surface area contributed by atoms with E-state index in [2.05, 4.69) is 25.3 Å². The molecule has 3 aliphatic heterocycles. The molecule has 8 rings (SSSR count). The molecular weight excluding hydrogens is 640 g/mol. The molecule has 3 fully saturated rings. The number of aryl methyl sites for hydroxylation is 1. The Balaban J connectivity index is 1.33. The summed E-state index contributed by atoms with van der Waals surface area (Å²) in [5, 5.41) is 27.7. The smallest absolute Gasteiger partial charge is 0.417 e. The van der Waals surface area contributed by atoms with Gasteiger partial charge in [0.25, 0.3) is 0 Å². The molecule has 3 atom stereocenters. The number of β-amino-alcohol motifs (C(OH)–C–C–N with tert-alkyl or cyclic N) is 1. The summed E-state index contributed by atoms with van der Waals surface area (Å²) >= 11 is 1.17. The highest BCUT2D eigenvalue weighted by Gasteiger charge is 2.49. The van der Waals surface area contributed by atoms with E-state index >= 15 is 0 Å². The number of alkyl halides is 4. The molecular formula is C31H32F4N8O3S. The summed E-state index contributed by atoms with van der Waals surface area (Å²) in [5.41, 5.74) is -2.06. The highest BCUT2D eigenvalue weighted by atomic mass is 32.1. The number of ether oxygens (including phenoxy) is 2. The number of hydrogen-bond donors (Lipinski definition) is 2. The predicted molar refractivity (Wildman–Crippen MR) is 168 cm³/mol. The van der Waals surface area contributed by atoms with Gasteiger partial charge in [-0.3, -0.25) is 10.00 Å². The van der Waals surface area contributed by atoms with E-state index in [1.54, 1.807) is 6.92 Å². The normalized spacial score (nSPS) is 25.7. The number of fused-ring (bicyclic) bond motifs is 5. The molecule has 7 heterocycles. The zero-order chi connectivity index (χ0) is 32.7. The Kier molecular flexibility index (Phi) is 7.10. The second kappa shape index (κ2) is 10.9. The molecule has 0 spiro atoms. The SMILES string of the molecule is Cc1cc2[nH]ncc2c(-c2nncc3c2sc2nc(OC[C@@]45CCCN4C[C@H](F)C5)nc(N4CCOC[C@@](C)(O)C4)c23)c1C(F)(F)F. The first kappa shape index (κ1) is 30.6. The molecule has 0 radical (unpaired) electrons. The number of thiophene rings is 1. The lowest BCUT2D eigenvalue weighted by atomic mass is 9.94. The molecule has 3 aliphatic rings. The Morgan fingerprint density at radius 2 is 2.06 bits per heavy atom. The minimum atomic E-state index is -4.68. The van der Waals surface area contributed by atoms with Gasteiger partial charge >= 0.3 is 12.2 Å². The topological polar surface area (TPSA) is 125 Å². The van der Waals surface area contributed by atoms with Crippen molar-refractivity contribution in [2.45, 2.75) is 56.6 Å². The number of nitrogens with one attached hydrogen (secondary N) is 1. The van der Waals surface area contributed by atoms with Crippen LogP contribution >= 0.6 is 11.3 Å². The lowest BCUT2D eigenvalue weighted by Gasteiger charge is -2.31. The number of rotatable bonds is 5. The summed E-state index contributed by atoms with van der Waals surface area (Å²) in [4.78, 5) is 14.1. The fourth-order valence-electron chi connectivity index (χ4n) is 7.60. The number of benzene rings is 1. The first-order valence-electron chi connectivity index (χ1n) is 15.5. The summed E-state index contributed by atoms with van der Waals surface area (Å²) < 4.78 is 70.8. The van der Waals surface area contributed by atoms with Gasteiger partial charge in [0, 0.05) is 35.8 Å². The Morgan fingerprint density at radius 1 is 1.21 bits per heavy atom. The average Bonchev–Trinajstić information content (AvgIpc) is 3.75. The number of nitrogens with zero attached hydrogens (tertiary/aromatic N) is 7. The van der Waals surface area contributed by atoms with E-state index in [9.17, 15) is 22.7 Å². The molecule has 5 aromatic rings. The van der Waals surface area contributed by atoms with Crippen molar-refractivity contribution in [2.75, 3.05) is 50.9 Å². The van der Waals surface area contributed by atoms with E-state index in [0.717, 1.165) is 19.4 Å². The zero-order valence-electron chi connectivity index (χ0n) is 25.7. The van der Waals surface area contributed by atoms with Crippen LogP contribution in [0.1, 0.15) is 37.3 Å². The van der Waals surface area contributed by atoms with Crippen molar-refractivity contribution >= 4 is 48.4 Å². The molecule has 1 aromatic carbocycles. The van der Waals surface area contributed by atoms with E-state index < -0.39 is 29.1 Å². The van der Waals surface area contributed by atoms with Crippen LogP contribution in [0.2, 0.25) is 0 Å². The molecule has 0 amide bonds. The van der Waals surface area contributed by atoms with Crippen molar-refractivity contribution in [1.29, 1.82) is 0 Å². The van der Waals surface area contributed by atoms with Crippen molar-refractivity contribution in [2.24, 2.45) is 0 Å². The standard InChI is InChI=1S/C31H32F4N8O3S/c1-16-8-20-18(10-36-40-20)21(23(16)31(33,34)35)24-25-19(11-37-41-24)22-26(42-6-7-45-14-29(2,44)13-42)38-28(39-27(22)47-25)46-15-30-4-3-5-43(30)12-17(32)9-30/h8,10-11,17,44H,3-7,9,12-15H2,1-2H3,(H,36,40)/t17-,29+,30+/m1/s1. The van der Waals surface area contributed by atoms with Crippen LogP contribution in [0, 0.1) is 6.92 Å². The summed E-state index contributed by atoms with van der Waals surface area (Å²) in [6.07, 6.45) is -0.614. The first-order valence-corrected chi connectivity index (χ1v) is 16.3. The fourth-order valence-corrected chi connectivity index (χ4v) is 8.72. The Labute approximate surface area is 269 Å². The van der Waals surface area contributed by atoms with Crippen molar-refractivity contribution in [3.8, 4) is 17.3 Å². The van der Waals surface area contributed by atoms with Crippen molar-refractivity contribution in [3.63, 3.8) is 0 Å². The summed E-state index contributed by atoms with van der Waals surface area (Å²) in [7, 11) is 0. The summed E-state index contributed by atoms with van der Waals surface area (Å²) in [6, 6.07) is 1.49. The number of halogens is 4. The molecule has 0 aliphatic carbocycles. The lowest BCUT2D eigenvalue weighted by Crippen LogP contribution is -2.43. The highest BCUT2D eigenvalue weighted by Crippen LogP contribution is 2.48. The Bertz CT molecular complexity index is 2020. The second-order valence-corrected chi connectivity index (χ2v) is 14.2. The minimum absolute atomic E-state index is 0.0230. The van der Waals surface area contributed by atoms with Gasteiger partial charge in [-0.15, -0.1) is 16.4 Å². The third kappa shape index (κ3) is 5.16. The number of aliphatic hydroxyl groups is 1. The van der Waals surface area contributed by atoms with Crippen LogP contribution < -0.4 is 9.64 Å². The van der Waals surface area contributed by atoms with Crippen LogP contribution in [0.25, 0.3) is 42.5 Å². The highest BCUT2D eigenvalue weighted by molar-refractivity contribution is 7.26. The molecule has 2 N–H and O–H groups in total. The Morgan fingerprint density at radius 3 is 2.89 bits per heavy atom. The van der Waals surface area contributed by atoms with Crippen molar-refractivity contribution < 1.29 is 32.1 Å². The van der Waals surface area contributed by atoms with Crippen molar-refractivity contribution in [1.82, 2.24) is 35.3 Å². The van der Waals surface area contributed by atoms with Crippen LogP contribution in [0.15, 0.2) is 18.5 Å².